The van der Waals surface area contributed by atoms with Gasteiger partial charge < -0.3 is 20.5 Å². The van der Waals surface area contributed by atoms with Crippen molar-refractivity contribution >= 4 is 35.9 Å². The number of benzene rings is 2. The lowest BCUT2D eigenvalue weighted by atomic mass is 10.0. The molecule has 9 heteroatoms. The highest BCUT2D eigenvalue weighted by molar-refractivity contribution is 6.04. The molecule has 0 unspecified atom stereocenters. The number of ether oxygens (including phenoxy) is 2. The van der Waals surface area contributed by atoms with Gasteiger partial charge in [0.15, 0.2) is 12.4 Å². The first kappa shape index (κ1) is 24.9. The first-order valence-corrected chi connectivity index (χ1v) is 10.0. The Labute approximate surface area is 192 Å². The van der Waals surface area contributed by atoms with Gasteiger partial charge in [-0.3, -0.25) is 15.0 Å². The number of amidine groups is 1. The van der Waals surface area contributed by atoms with Gasteiger partial charge in [0.1, 0.15) is 11.6 Å². The number of hydrogen-bond donors (Lipinski definition) is 3. The van der Waals surface area contributed by atoms with Gasteiger partial charge in [-0.2, -0.15) is 0 Å². The molecule has 0 aliphatic heterocycles. The predicted octanol–water partition coefficient (Wildman–Crippen LogP) is 2.73. The van der Waals surface area contributed by atoms with E-state index in [1.807, 2.05) is 0 Å². The van der Waals surface area contributed by atoms with Crippen LogP contribution in [0.5, 0.6) is 5.75 Å². The van der Waals surface area contributed by atoms with E-state index in [4.69, 9.17) is 20.6 Å². The van der Waals surface area contributed by atoms with E-state index in [0.717, 1.165) is 12.8 Å². The second kappa shape index (κ2) is 11.3. The van der Waals surface area contributed by atoms with E-state index >= 15 is 0 Å². The Hall–Kier alpha value is -3.39. The molecule has 3 rings (SSSR count). The van der Waals surface area contributed by atoms with Gasteiger partial charge in [-0.05, 0) is 62.1 Å². The summed E-state index contributed by atoms with van der Waals surface area (Å²) in [7, 11) is 0. The molecule has 0 heterocycles. The highest BCUT2D eigenvalue weighted by atomic mass is 35.5. The first-order chi connectivity index (χ1) is 14.8. The minimum atomic E-state index is -0.746. The van der Waals surface area contributed by atoms with Crippen molar-refractivity contribution in [3.63, 3.8) is 0 Å². The minimum absolute atomic E-state index is 0. The summed E-state index contributed by atoms with van der Waals surface area (Å²) < 4.78 is 10.5. The molecule has 1 saturated carbocycles. The van der Waals surface area contributed by atoms with Gasteiger partial charge in [-0.15, -0.1) is 12.4 Å². The van der Waals surface area contributed by atoms with Crippen molar-refractivity contribution < 1.29 is 23.9 Å². The van der Waals surface area contributed by atoms with E-state index in [2.05, 4.69) is 5.32 Å². The molecule has 1 aliphatic carbocycles. The van der Waals surface area contributed by atoms with Gasteiger partial charge >= 0.3 is 5.97 Å². The summed E-state index contributed by atoms with van der Waals surface area (Å²) in [6.45, 7) is 1.86. The van der Waals surface area contributed by atoms with Crippen LogP contribution in [-0.2, 0) is 9.53 Å². The fourth-order valence-electron chi connectivity index (χ4n) is 2.79. The maximum Gasteiger partial charge on any atom is 0.344 e. The molecule has 0 aromatic heterocycles. The van der Waals surface area contributed by atoms with Crippen LogP contribution in [-0.4, -0.2) is 42.8 Å². The van der Waals surface area contributed by atoms with Crippen molar-refractivity contribution in [2.45, 2.75) is 25.8 Å². The second-order valence-corrected chi connectivity index (χ2v) is 7.49. The standard InChI is InChI=1S/C23H25N3O5.ClH/c1-14(26-23(29)18-6-4-17(5-7-18)22(24)25)21(28)16-8-10-19(11-9-16)30-13-20(27)31-12-15-2-3-15;/h4-11,14-15H,2-3,12-13H2,1H3,(H3,24,25)(H,26,29);1H/t14-;/m0./s1. The molecule has 0 radical (unpaired) electrons. The van der Waals surface area contributed by atoms with Crippen LogP contribution in [0.1, 0.15) is 46.0 Å². The average Bonchev–Trinajstić information content (AvgIpc) is 3.60. The van der Waals surface area contributed by atoms with Crippen molar-refractivity contribution in [2.24, 2.45) is 11.7 Å². The summed E-state index contributed by atoms with van der Waals surface area (Å²) in [4.78, 5) is 36.6. The molecule has 0 spiro atoms. The van der Waals surface area contributed by atoms with E-state index in [1.54, 1.807) is 55.5 Å². The fourth-order valence-corrected chi connectivity index (χ4v) is 2.79. The van der Waals surface area contributed by atoms with Crippen LogP contribution in [0.15, 0.2) is 48.5 Å². The van der Waals surface area contributed by atoms with Crippen LogP contribution in [0.3, 0.4) is 0 Å². The molecule has 8 nitrogen and oxygen atoms in total. The lowest BCUT2D eigenvalue weighted by Gasteiger charge is -2.14. The van der Waals surface area contributed by atoms with E-state index in [0.29, 0.717) is 35.0 Å². The zero-order valence-corrected chi connectivity index (χ0v) is 18.4. The maximum atomic E-state index is 12.6. The number of rotatable bonds is 10. The number of carbonyl (C=O) groups excluding carboxylic acids is 3. The molecule has 1 aliphatic rings. The van der Waals surface area contributed by atoms with Gasteiger partial charge in [0, 0.05) is 16.7 Å². The zero-order chi connectivity index (χ0) is 22.4. The Morgan fingerprint density at radius 1 is 1.03 bits per heavy atom. The van der Waals surface area contributed by atoms with E-state index in [1.165, 1.54) is 0 Å². The number of Topliss-reactive ketones (excluding diaryl/α,β-unsaturated/α-hetero) is 1. The Balaban J connectivity index is 0.00000363. The van der Waals surface area contributed by atoms with Crippen molar-refractivity contribution in [1.82, 2.24) is 5.32 Å². The third kappa shape index (κ3) is 7.09. The summed E-state index contributed by atoms with van der Waals surface area (Å²) in [6, 6.07) is 11.8. The van der Waals surface area contributed by atoms with Gasteiger partial charge in [0.25, 0.3) is 5.91 Å². The SMILES string of the molecule is C[C@H](NC(=O)c1ccc(C(=N)N)cc1)C(=O)c1ccc(OCC(=O)OCC2CC2)cc1.Cl. The summed E-state index contributed by atoms with van der Waals surface area (Å²) >= 11 is 0. The summed E-state index contributed by atoms with van der Waals surface area (Å²) in [5, 5.41) is 10.0. The monoisotopic (exact) mass is 459 g/mol. The normalized spacial score (nSPS) is 13.3. The molecule has 0 saturated heterocycles. The predicted molar refractivity (Wildman–Crippen MR) is 122 cm³/mol. The summed E-state index contributed by atoms with van der Waals surface area (Å²) in [5.41, 5.74) is 6.68. The van der Waals surface area contributed by atoms with E-state index in [-0.39, 0.29) is 30.6 Å². The Bertz CT molecular complexity index is 972. The Kier molecular flexibility index (Phi) is 8.78. The number of nitrogens with one attached hydrogen (secondary N) is 2. The topological polar surface area (TPSA) is 132 Å². The van der Waals surface area contributed by atoms with E-state index in [9.17, 15) is 14.4 Å². The number of carbonyl (C=O) groups is 3. The molecular formula is C23H26ClN3O5. The summed E-state index contributed by atoms with van der Waals surface area (Å²) in [6.07, 6.45) is 2.21. The quantitative estimate of drug-likeness (QED) is 0.216. The number of esters is 1. The van der Waals surface area contributed by atoms with Crippen LogP contribution in [0.2, 0.25) is 0 Å². The fraction of sp³-hybridized carbons (Fsp3) is 0.304. The molecular weight excluding hydrogens is 434 g/mol. The molecule has 1 atom stereocenters. The lowest BCUT2D eigenvalue weighted by Crippen LogP contribution is -2.38. The molecule has 1 fully saturated rings. The van der Waals surface area contributed by atoms with Crippen molar-refractivity contribution in [3.8, 4) is 5.75 Å². The Morgan fingerprint density at radius 3 is 2.16 bits per heavy atom. The molecule has 2 aromatic rings. The van der Waals surface area contributed by atoms with E-state index < -0.39 is 17.9 Å². The average molecular weight is 460 g/mol. The van der Waals surface area contributed by atoms with Gasteiger partial charge in [0.2, 0.25) is 0 Å². The van der Waals surface area contributed by atoms with Gasteiger partial charge in [-0.1, -0.05) is 12.1 Å². The molecule has 2 aromatic carbocycles. The minimum Gasteiger partial charge on any atom is -0.482 e. The van der Waals surface area contributed by atoms with Crippen LogP contribution in [0.25, 0.3) is 0 Å². The highest BCUT2D eigenvalue weighted by Gasteiger charge is 2.23. The first-order valence-electron chi connectivity index (χ1n) is 10.0. The Morgan fingerprint density at radius 2 is 1.59 bits per heavy atom. The van der Waals surface area contributed by atoms with Crippen molar-refractivity contribution in [3.05, 3.63) is 65.2 Å². The van der Waals surface area contributed by atoms with Gasteiger partial charge in [-0.25, -0.2) is 4.79 Å². The number of halogens is 1. The van der Waals surface area contributed by atoms with Crippen LogP contribution < -0.4 is 15.8 Å². The van der Waals surface area contributed by atoms with Crippen LogP contribution in [0, 0.1) is 11.3 Å². The third-order valence-electron chi connectivity index (χ3n) is 4.87. The van der Waals surface area contributed by atoms with Gasteiger partial charge in [0.05, 0.1) is 12.6 Å². The molecule has 170 valence electrons. The highest BCUT2D eigenvalue weighted by Crippen LogP contribution is 2.28. The van der Waals surface area contributed by atoms with Crippen LogP contribution >= 0.6 is 12.4 Å². The largest absolute Gasteiger partial charge is 0.482 e. The molecule has 32 heavy (non-hydrogen) atoms. The number of ketones is 1. The zero-order valence-electron chi connectivity index (χ0n) is 17.6. The maximum absolute atomic E-state index is 12.6. The summed E-state index contributed by atoms with van der Waals surface area (Å²) in [5.74, 6) is -0.221. The van der Waals surface area contributed by atoms with Crippen molar-refractivity contribution in [1.29, 1.82) is 5.41 Å². The third-order valence-corrected chi connectivity index (χ3v) is 4.87. The number of hydrogen-bond acceptors (Lipinski definition) is 6. The number of amides is 1. The number of nitrogens with two attached hydrogens (primary N) is 1. The smallest absolute Gasteiger partial charge is 0.344 e. The molecule has 1 amide bonds. The number of nitrogen functional groups attached to an aromatic ring is 1. The molecule has 4 N–H and O–H groups in total. The lowest BCUT2D eigenvalue weighted by molar-refractivity contribution is -0.146. The molecule has 0 bridgehead atoms. The van der Waals surface area contributed by atoms with Crippen LogP contribution in [0.4, 0.5) is 0 Å². The second-order valence-electron chi connectivity index (χ2n) is 7.49. The van der Waals surface area contributed by atoms with Crippen molar-refractivity contribution in [2.75, 3.05) is 13.2 Å².